The predicted octanol–water partition coefficient (Wildman–Crippen LogP) is 1.25. The number of nitrogens with one attached hydrogen (secondary N) is 1. The number of aliphatic hydroxyl groups excluding tert-OH is 1. The van der Waals surface area contributed by atoms with Crippen molar-refractivity contribution in [3.05, 3.63) is 22.2 Å². The third-order valence-electron chi connectivity index (χ3n) is 2.46. The number of halogens is 2. The number of hydrogen-bond acceptors (Lipinski definition) is 5. The molecule has 0 aromatic heterocycles. The van der Waals surface area contributed by atoms with Gasteiger partial charge in [-0.1, -0.05) is 23.2 Å². The van der Waals surface area contributed by atoms with Crippen molar-refractivity contribution >= 4 is 38.9 Å². The zero-order valence-corrected chi connectivity index (χ0v) is 13.1. The zero-order valence-electron chi connectivity index (χ0n) is 10.8. The van der Waals surface area contributed by atoms with Crippen LogP contribution in [0.15, 0.2) is 17.0 Å². The number of anilines is 1. The second-order valence-electron chi connectivity index (χ2n) is 4.10. The van der Waals surface area contributed by atoms with E-state index in [2.05, 4.69) is 4.72 Å². The van der Waals surface area contributed by atoms with Crippen LogP contribution in [0.5, 0.6) is 0 Å². The summed E-state index contributed by atoms with van der Waals surface area (Å²) >= 11 is 11.8. The van der Waals surface area contributed by atoms with Crippen LogP contribution in [-0.2, 0) is 14.8 Å². The van der Waals surface area contributed by atoms with Gasteiger partial charge >= 0.3 is 0 Å². The standard InChI is InChI=1S/C11H16Cl2N2O4S/c1-19-6-8(2-3-16)15-20(17,18)11-9(12)4-7(14)5-10(11)13/h4-5,8,15-16H,2-3,6,14H2,1H3. The highest BCUT2D eigenvalue weighted by Gasteiger charge is 2.25. The van der Waals surface area contributed by atoms with Crippen LogP contribution >= 0.6 is 23.2 Å². The molecule has 0 aliphatic carbocycles. The van der Waals surface area contributed by atoms with Gasteiger partial charge in [0.25, 0.3) is 0 Å². The van der Waals surface area contributed by atoms with E-state index in [1.807, 2.05) is 0 Å². The van der Waals surface area contributed by atoms with Gasteiger partial charge in [0.1, 0.15) is 4.90 Å². The van der Waals surface area contributed by atoms with Crippen molar-refractivity contribution in [3.63, 3.8) is 0 Å². The molecule has 1 aromatic rings. The van der Waals surface area contributed by atoms with Gasteiger partial charge in [-0.15, -0.1) is 0 Å². The summed E-state index contributed by atoms with van der Waals surface area (Å²) in [6.07, 6.45) is 0.206. The van der Waals surface area contributed by atoms with E-state index in [1.54, 1.807) is 0 Å². The highest BCUT2D eigenvalue weighted by molar-refractivity contribution is 7.89. The highest BCUT2D eigenvalue weighted by Crippen LogP contribution is 2.31. The molecule has 4 N–H and O–H groups in total. The first-order valence-corrected chi connectivity index (χ1v) is 7.92. The van der Waals surface area contributed by atoms with Crippen LogP contribution in [0.2, 0.25) is 10.0 Å². The lowest BCUT2D eigenvalue weighted by atomic mass is 10.2. The first kappa shape index (κ1) is 17.5. The van der Waals surface area contributed by atoms with E-state index < -0.39 is 16.1 Å². The van der Waals surface area contributed by atoms with Crippen molar-refractivity contribution < 1.29 is 18.3 Å². The number of nitrogen functional groups attached to an aromatic ring is 1. The molecule has 0 aliphatic heterocycles. The first-order valence-electron chi connectivity index (χ1n) is 5.68. The molecule has 0 saturated carbocycles. The Balaban J connectivity index is 3.10. The average molecular weight is 343 g/mol. The van der Waals surface area contributed by atoms with E-state index in [0.717, 1.165) is 0 Å². The molecule has 0 amide bonds. The maximum atomic E-state index is 12.3. The van der Waals surface area contributed by atoms with Gasteiger partial charge in [-0.05, 0) is 18.6 Å². The van der Waals surface area contributed by atoms with E-state index in [-0.39, 0.29) is 40.3 Å². The van der Waals surface area contributed by atoms with E-state index in [9.17, 15) is 8.42 Å². The van der Waals surface area contributed by atoms with Crippen molar-refractivity contribution in [2.24, 2.45) is 0 Å². The number of benzene rings is 1. The molecule has 1 rings (SSSR count). The topological polar surface area (TPSA) is 102 Å². The fourth-order valence-corrected chi connectivity index (χ4v) is 4.14. The number of ether oxygens (including phenoxy) is 1. The summed E-state index contributed by atoms with van der Waals surface area (Å²) in [6.45, 7) is -0.0657. The Labute approximate surface area is 127 Å². The van der Waals surface area contributed by atoms with Crippen molar-refractivity contribution in [2.45, 2.75) is 17.4 Å². The van der Waals surface area contributed by atoms with Gasteiger partial charge in [0.2, 0.25) is 10.0 Å². The highest BCUT2D eigenvalue weighted by atomic mass is 35.5. The Morgan fingerprint density at radius 1 is 1.40 bits per heavy atom. The van der Waals surface area contributed by atoms with E-state index in [4.69, 9.17) is 38.8 Å². The average Bonchev–Trinajstić information content (AvgIpc) is 2.26. The first-order chi connectivity index (χ1) is 9.31. The molecule has 1 unspecified atom stereocenters. The number of hydrogen-bond donors (Lipinski definition) is 3. The van der Waals surface area contributed by atoms with Gasteiger partial charge in [-0.2, -0.15) is 0 Å². The number of rotatable bonds is 7. The molecule has 0 spiro atoms. The van der Waals surface area contributed by atoms with Crippen molar-refractivity contribution in [3.8, 4) is 0 Å². The molecule has 1 aromatic carbocycles. The van der Waals surface area contributed by atoms with Crippen LogP contribution in [0.25, 0.3) is 0 Å². The predicted molar refractivity (Wildman–Crippen MR) is 78.6 cm³/mol. The third kappa shape index (κ3) is 4.47. The molecule has 6 nitrogen and oxygen atoms in total. The smallest absolute Gasteiger partial charge is 0.243 e. The van der Waals surface area contributed by atoms with Crippen molar-refractivity contribution in [1.29, 1.82) is 0 Å². The maximum absolute atomic E-state index is 12.3. The maximum Gasteiger partial charge on any atom is 0.243 e. The minimum Gasteiger partial charge on any atom is -0.399 e. The number of aliphatic hydroxyl groups is 1. The summed E-state index contributed by atoms with van der Waals surface area (Å²) in [4.78, 5) is -0.242. The molecule has 9 heteroatoms. The fraction of sp³-hybridized carbons (Fsp3) is 0.455. The fourth-order valence-electron chi connectivity index (χ4n) is 1.65. The van der Waals surface area contributed by atoms with Gasteiger partial charge in [0.15, 0.2) is 0 Å². The lowest BCUT2D eigenvalue weighted by Gasteiger charge is -2.18. The molecule has 114 valence electrons. The SMILES string of the molecule is COCC(CCO)NS(=O)(=O)c1c(Cl)cc(N)cc1Cl. The van der Waals surface area contributed by atoms with Gasteiger partial charge in [0.05, 0.1) is 16.7 Å². The molecule has 0 radical (unpaired) electrons. The summed E-state index contributed by atoms with van der Waals surface area (Å²) in [5, 5.41) is 8.78. The molecule has 0 heterocycles. The Bertz CT molecular complexity index is 537. The van der Waals surface area contributed by atoms with Gasteiger partial charge < -0.3 is 15.6 Å². The summed E-state index contributed by atoms with van der Waals surface area (Å²) in [6, 6.07) is 2.03. The number of sulfonamides is 1. The van der Waals surface area contributed by atoms with Crippen LogP contribution in [-0.4, -0.2) is 39.9 Å². The molecule has 0 aliphatic rings. The molecule has 1 atom stereocenters. The lowest BCUT2D eigenvalue weighted by Crippen LogP contribution is -2.38. The second kappa shape index (κ2) is 7.44. The van der Waals surface area contributed by atoms with Crippen molar-refractivity contribution in [1.82, 2.24) is 4.72 Å². The van der Waals surface area contributed by atoms with Crippen LogP contribution in [0.1, 0.15) is 6.42 Å². The summed E-state index contributed by atoms with van der Waals surface area (Å²) in [5.41, 5.74) is 5.80. The quantitative estimate of drug-likeness (QED) is 0.647. The van der Waals surface area contributed by atoms with Crippen LogP contribution in [0, 0.1) is 0 Å². The molecule has 20 heavy (non-hydrogen) atoms. The van der Waals surface area contributed by atoms with E-state index in [1.165, 1.54) is 19.2 Å². The van der Waals surface area contributed by atoms with Gasteiger partial charge in [-0.25, -0.2) is 13.1 Å². The summed E-state index contributed by atoms with van der Waals surface area (Å²) < 4.78 is 31.9. The Hall–Kier alpha value is -0.570. The lowest BCUT2D eigenvalue weighted by molar-refractivity contribution is 0.158. The van der Waals surface area contributed by atoms with Crippen LogP contribution in [0.3, 0.4) is 0 Å². The monoisotopic (exact) mass is 342 g/mol. The molecular weight excluding hydrogens is 327 g/mol. The van der Waals surface area contributed by atoms with Crippen molar-refractivity contribution in [2.75, 3.05) is 26.1 Å². The largest absolute Gasteiger partial charge is 0.399 e. The second-order valence-corrected chi connectivity index (χ2v) is 6.56. The number of methoxy groups -OCH3 is 1. The molecule has 0 bridgehead atoms. The molecule has 0 fully saturated rings. The number of nitrogens with two attached hydrogens (primary N) is 1. The summed E-state index contributed by atoms with van der Waals surface area (Å²) in [7, 11) is -2.51. The van der Waals surface area contributed by atoms with Gasteiger partial charge in [-0.3, -0.25) is 0 Å². The van der Waals surface area contributed by atoms with Crippen LogP contribution in [0.4, 0.5) is 5.69 Å². The molecular formula is C11H16Cl2N2O4S. The third-order valence-corrected chi connectivity index (χ3v) is 4.90. The summed E-state index contributed by atoms with van der Waals surface area (Å²) in [5.74, 6) is 0. The zero-order chi connectivity index (χ0) is 15.3. The Morgan fingerprint density at radius 3 is 2.40 bits per heavy atom. The normalized spacial score (nSPS) is 13.4. The molecule has 0 saturated heterocycles. The van der Waals surface area contributed by atoms with Crippen LogP contribution < -0.4 is 10.5 Å². The Kier molecular flexibility index (Phi) is 6.50. The minimum atomic E-state index is -3.94. The van der Waals surface area contributed by atoms with E-state index in [0.29, 0.717) is 0 Å². The minimum absolute atomic E-state index is 0.0670. The van der Waals surface area contributed by atoms with Gasteiger partial charge in [0, 0.05) is 25.4 Å². The Morgan fingerprint density at radius 2 is 1.95 bits per heavy atom. The van der Waals surface area contributed by atoms with E-state index >= 15 is 0 Å².